The van der Waals surface area contributed by atoms with E-state index in [1.54, 1.807) is 22.2 Å². The van der Waals surface area contributed by atoms with E-state index in [9.17, 15) is 4.79 Å². The fourth-order valence-corrected chi connectivity index (χ4v) is 2.85. The topological polar surface area (TPSA) is 80.9 Å². The van der Waals surface area contributed by atoms with Gasteiger partial charge in [0.25, 0.3) is 0 Å². The molecule has 1 N–H and O–H groups in total. The molecule has 1 aromatic carbocycles. The molecular weight excluding hydrogens is 276 g/mol. The van der Waals surface area contributed by atoms with Crippen molar-refractivity contribution in [3.05, 3.63) is 41.2 Å². The van der Waals surface area contributed by atoms with Crippen molar-refractivity contribution in [2.24, 2.45) is 0 Å². The standard InChI is InChI=1S/C13H12N4O2S/c18-13(19)6-5-9-7-17(16-15-9)8-12-14-10-3-1-2-4-11(10)20-12/h1-4,7H,5-6,8H2,(H,18,19). The highest BCUT2D eigenvalue weighted by molar-refractivity contribution is 7.18. The van der Waals surface area contributed by atoms with Crippen LogP contribution in [0.1, 0.15) is 17.1 Å². The van der Waals surface area contributed by atoms with Gasteiger partial charge in [0.2, 0.25) is 0 Å². The zero-order valence-electron chi connectivity index (χ0n) is 10.6. The maximum atomic E-state index is 10.5. The number of carboxylic acid groups (broad SMARTS) is 1. The monoisotopic (exact) mass is 288 g/mol. The van der Waals surface area contributed by atoms with Gasteiger partial charge in [0.05, 0.1) is 28.9 Å². The molecule has 102 valence electrons. The SMILES string of the molecule is O=C(O)CCc1cn(Cc2nc3ccccc3s2)nn1. The molecule has 2 aromatic heterocycles. The van der Waals surface area contributed by atoms with Crippen LogP contribution in [0.3, 0.4) is 0 Å². The Kier molecular flexibility index (Phi) is 3.42. The molecule has 0 aliphatic rings. The Morgan fingerprint density at radius 1 is 1.35 bits per heavy atom. The number of carbonyl (C=O) groups is 1. The number of benzene rings is 1. The summed E-state index contributed by atoms with van der Waals surface area (Å²) in [5.74, 6) is -0.828. The Hall–Kier alpha value is -2.28. The van der Waals surface area contributed by atoms with Crippen LogP contribution in [0, 0.1) is 0 Å². The molecule has 7 heteroatoms. The highest BCUT2D eigenvalue weighted by atomic mass is 32.1. The molecule has 0 aliphatic carbocycles. The lowest BCUT2D eigenvalue weighted by Crippen LogP contribution is -1.99. The van der Waals surface area contributed by atoms with Crippen molar-refractivity contribution < 1.29 is 9.90 Å². The van der Waals surface area contributed by atoms with Crippen LogP contribution in [0.25, 0.3) is 10.2 Å². The number of hydrogen-bond acceptors (Lipinski definition) is 5. The summed E-state index contributed by atoms with van der Waals surface area (Å²) >= 11 is 1.63. The lowest BCUT2D eigenvalue weighted by atomic mass is 10.2. The third kappa shape index (κ3) is 2.83. The normalized spacial score (nSPS) is 11.0. The van der Waals surface area contributed by atoms with E-state index in [4.69, 9.17) is 5.11 Å². The summed E-state index contributed by atoms with van der Waals surface area (Å²) in [5, 5.41) is 17.6. The molecule has 0 saturated heterocycles. The van der Waals surface area contributed by atoms with Crippen molar-refractivity contribution in [1.29, 1.82) is 0 Å². The molecule has 20 heavy (non-hydrogen) atoms. The van der Waals surface area contributed by atoms with E-state index in [0.717, 1.165) is 15.2 Å². The molecule has 0 atom stereocenters. The maximum Gasteiger partial charge on any atom is 0.303 e. The minimum atomic E-state index is -0.828. The molecule has 0 bridgehead atoms. The molecule has 0 aliphatic heterocycles. The quantitative estimate of drug-likeness (QED) is 0.776. The number of aromatic nitrogens is 4. The van der Waals surface area contributed by atoms with Crippen molar-refractivity contribution in [2.45, 2.75) is 19.4 Å². The first kappa shape index (κ1) is 12.7. The molecule has 0 saturated carbocycles. The van der Waals surface area contributed by atoms with Gasteiger partial charge < -0.3 is 5.11 Å². The van der Waals surface area contributed by atoms with Crippen molar-refractivity contribution in [2.75, 3.05) is 0 Å². The van der Waals surface area contributed by atoms with Gasteiger partial charge in [0, 0.05) is 12.6 Å². The molecule has 0 unspecified atom stereocenters. The summed E-state index contributed by atoms with van der Waals surface area (Å²) in [4.78, 5) is 15.0. The van der Waals surface area contributed by atoms with Crippen LogP contribution in [-0.2, 0) is 17.8 Å². The first-order valence-corrected chi connectivity index (χ1v) is 6.97. The second kappa shape index (κ2) is 5.38. The highest BCUT2D eigenvalue weighted by Gasteiger charge is 2.07. The van der Waals surface area contributed by atoms with E-state index in [1.165, 1.54) is 0 Å². The van der Waals surface area contributed by atoms with Crippen LogP contribution in [0.2, 0.25) is 0 Å². The van der Waals surface area contributed by atoms with Crippen LogP contribution in [0.4, 0.5) is 0 Å². The first-order valence-electron chi connectivity index (χ1n) is 6.16. The fraction of sp³-hybridized carbons (Fsp3) is 0.231. The number of fused-ring (bicyclic) bond motifs is 1. The van der Waals surface area contributed by atoms with Gasteiger partial charge in [-0.25, -0.2) is 9.67 Å². The minimum Gasteiger partial charge on any atom is -0.481 e. The maximum absolute atomic E-state index is 10.5. The van der Waals surface area contributed by atoms with Gasteiger partial charge in [-0.1, -0.05) is 17.3 Å². The number of hydrogen-bond donors (Lipinski definition) is 1. The molecule has 2 heterocycles. The predicted molar refractivity (Wildman–Crippen MR) is 74.7 cm³/mol. The predicted octanol–water partition coefficient (Wildman–Crippen LogP) is 1.95. The summed E-state index contributed by atoms with van der Waals surface area (Å²) in [6, 6.07) is 7.97. The van der Waals surface area contributed by atoms with E-state index >= 15 is 0 Å². The molecule has 0 fully saturated rings. The average molecular weight is 288 g/mol. The molecule has 0 amide bonds. The third-order valence-electron chi connectivity index (χ3n) is 2.82. The van der Waals surface area contributed by atoms with Gasteiger partial charge >= 0.3 is 5.97 Å². The van der Waals surface area contributed by atoms with E-state index in [2.05, 4.69) is 15.3 Å². The molecule has 3 aromatic rings. The number of carboxylic acids is 1. The summed E-state index contributed by atoms with van der Waals surface area (Å²) in [6.45, 7) is 0.555. The largest absolute Gasteiger partial charge is 0.481 e. The number of thiazole rings is 1. The average Bonchev–Trinajstić information content (AvgIpc) is 3.02. The van der Waals surface area contributed by atoms with Crippen LogP contribution < -0.4 is 0 Å². The van der Waals surface area contributed by atoms with E-state index in [-0.39, 0.29) is 6.42 Å². The van der Waals surface area contributed by atoms with Crippen LogP contribution in [0.15, 0.2) is 30.5 Å². The first-order chi connectivity index (χ1) is 9.70. The number of rotatable bonds is 5. The van der Waals surface area contributed by atoms with Crippen LogP contribution in [0.5, 0.6) is 0 Å². The van der Waals surface area contributed by atoms with Crippen LogP contribution >= 0.6 is 11.3 Å². The Labute approximate surface area is 118 Å². The Morgan fingerprint density at radius 2 is 2.20 bits per heavy atom. The van der Waals surface area contributed by atoms with Crippen molar-refractivity contribution in [3.63, 3.8) is 0 Å². The zero-order valence-corrected chi connectivity index (χ0v) is 11.4. The molecular formula is C13H12N4O2S. The smallest absolute Gasteiger partial charge is 0.303 e. The Bertz CT molecular complexity index is 717. The van der Waals surface area contributed by atoms with Gasteiger partial charge in [-0.3, -0.25) is 4.79 Å². The summed E-state index contributed by atoms with van der Waals surface area (Å²) in [7, 11) is 0. The van der Waals surface area contributed by atoms with Gasteiger partial charge in [-0.15, -0.1) is 16.4 Å². The second-order valence-corrected chi connectivity index (χ2v) is 5.49. The number of nitrogens with zero attached hydrogens (tertiary/aromatic N) is 4. The second-order valence-electron chi connectivity index (χ2n) is 4.38. The van der Waals surface area contributed by atoms with Crippen molar-refractivity contribution >= 4 is 27.5 Å². The van der Waals surface area contributed by atoms with Gasteiger partial charge in [0.15, 0.2) is 0 Å². The van der Waals surface area contributed by atoms with Gasteiger partial charge in [-0.05, 0) is 12.1 Å². The zero-order chi connectivity index (χ0) is 13.9. The van der Waals surface area contributed by atoms with Gasteiger partial charge in [-0.2, -0.15) is 0 Å². The van der Waals surface area contributed by atoms with Crippen molar-refractivity contribution in [1.82, 2.24) is 20.0 Å². The Balaban J connectivity index is 1.72. The highest BCUT2D eigenvalue weighted by Crippen LogP contribution is 2.21. The molecule has 0 radical (unpaired) electrons. The summed E-state index contributed by atoms with van der Waals surface area (Å²) in [5.41, 5.74) is 1.67. The summed E-state index contributed by atoms with van der Waals surface area (Å²) < 4.78 is 2.84. The number of para-hydroxylation sites is 1. The Morgan fingerprint density at radius 3 is 3.00 bits per heavy atom. The number of aryl methyl sites for hydroxylation is 1. The lowest BCUT2D eigenvalue weighted by Gasteiger charge is -1.94. The molecule has 3 rings (SSSR count). The van der Waals surface area contributed by atoms with E-state index in [0.29, 0.717) is 18.7 Å². The third-order valence-corrected chi connectivity index (χ3v) is 3.84. The van der Waals surface area contributed by atoms with Gasteiger partial charge in [0.1, 0.15) is 5.01 Å². The van der Waals surface area contributed by atoms with E-state index < -0.39 is 5.97 Å². The number of aliphatic carboxylic acids is 1. The fourth-order valence-electron chi connectivity index (χ4n) is 1.89. The van der Waals surface area contributed by atoms with E-state index in [1.807, 2.05) is 24.3 Å². The molecule has 0 spiro atoms. The molecule has 6 nitrogen and oxygen atoms in total. The van der Waals surface area contributed by atoms with Crippen LogP contribution in [-0.4, -0.2) is 31.1 Å². The minimum absolute atomic E-state index is 0.0693. The van der Waals surface area contributed by atoms with Crippen molar-refractivity contribution in [3.8, 4) is 0 Å². The summed E-state index contributed by atoms with van der Waals surface area (Å²) in [6.07, 6.45) is 2.24. The lowest BCUT2D eigenvalue weighted by molar-refractivity contribution is -0.136.